The maximum atomic E-state index is 14.9. The molecular weight excluding hydrogens is 298 g/mol. The predicted molar refractivity (Wildman–Crippen MR) is 84.5 cm³/mol. The summed E-state index contributed by atoms with van der Waals surface area (Å²) in [6, 6.07) is 23.7. The number of halogens is 2. The third-order valence-electron chi connectivity index (χ3n) is 3.87. The average molecular weight is 311 g/mol. The minimum absolute atomic E-state index is 0.126. The fourth-order valence-electron chi connectivity index (χ4n) is 2.88. The normalized spacial score (nSPS) is 15.9. The van der Waals surface area contributed by atoms with E-state index in [2.05, 4.69) is 0 Å². The Hall–Kier alpha value is -2.13. The molecule has 0 atom stereocenters. The summed E-state index contributed by atoms with van der Waals surface area (Å²) >= 11 is 0. The van der Waals surface area contributed by atoms with E-state index in [1.165, 1.54) is 0 Å². The Bertz CT molecular complexity index is 778. The van der Waals surface area contributed by atoms with Gasteiger partial charge in [-0.05, 0) is 36.4 Å². The van der Waals surface area contributed by atoms with Crippen LogP contribution in [0, 0.1) is 0 Å². The number of fused-ring (bicyclic) bond motifs is 2. The first-order valence-corrected chi connectivity index (χ1v) is 8.28. The second-order valence-corrected chi connectivity index (χ2v) is 7.15. The van der Waals surface area contributed by atoms with Crippen LogP contribution in [0.15, 0.2) is 93.5 Å². The molecule has 22 heavy (non-hydrogen) atoms. The van der Waals surface area contributed by atoms with Crippen LogP contribution in [0.1, 0.15) is 11.1 Å². The van der Waals surface area contributed by atoms with E-state index < -0.39 is 16.8 Å². The Labute approximate surface area is 130 Å². The van der Waals surface area contributed by atoms with Gasteiger partial charge in [-0.3, -0.25) is 0 Å². The third kappa shape index (κ3) is 1.89. The fraction of sp³-hybridized carbons (Fsp3) is 0.0526. The van der Waals surface area contributed by atoms with E-state index >= 15 is 0 Å². The number of benzene rings is 3. The van der Waals surface area contributed by atoms with Crippen LogP contribution < -0.4 is 0 Å². The summed E-state index contributed by atoms with van der Waals surface area (Å²) in [7, 11) is -0.485. The van der Waals surface area contributed by atoms with Gasteiger partial charge in [-0.25, -0.2) is 0 Å². The van der Waals surface area contributed by atoms with Gasteiger partial charge in [0.25, 0.3) is 0 Å². The highest BCUT2D eigenvalue weighted by Gasteiger charge is 2.51. The molecule has 3 aromatic rings. The lowest BCUT2D eigenvalue weighted by Gasteiger charge is -2.26. The van der Waals surface area contributed by atoms with Crippen LogP contribution in [0.3, 0.4) is 0 Å². The van der Waals surface area contributed by atoms with Crippen LogP contribution in [-0.2, 0) is 16.8 Å². The molecule has 0 saturated carbocycles. The number of alkyl halides is 2. The summed E-state index contributed by atoms with van der Waals surface area (Å²) in [5, 5.41) is 0. The van der Waals surface area contributed by atoms with Crippen LogP contribution in [0.25, 0.3) is 0 Å². The molecular formula is C19H13F2S+. The molecule has 0 saturated heterocycles. The summed E-state index contributed by atoms with van der Waals surface area (Å²) < 4.78 is 29.8. The fourth-order valence-corrected chi connectivity index (χ4v) is 5.32. The van der Waals surface area contributed by atoms with Crippen LogP contribution in [0.4, 0.5) is 8.78 Å². The second kappa shape index (κ2) is 4.96. The Balaban J connectivity index is 2.05. The first kappa shape index (κ1) is 13.5. The minimum atomic E-state index is -2.94. The van der Waals surface area contributed by atoms with E-state index in [1.807, 2.05) is 54.6 Å². The van der Waals surface area contributed by atoms with E-state index in [1.54, 1.807) is 24.3 Å². The molecule has 0 spiro atoms. The van der Waals surface area contributed by atoms with Gasteiger partial charge in [0.2, 0.25) is 0 Å². The van der Waals surface area contributed by atoms with Crippen molar-refractivity contribution in [3.8, 4) is 0 Å². The van der Waals surface area contributed by atoms with Crippen LogP contribution in [-0.4, -0.2) is 0 Å². The maximum Gasteiger partial charge on any atom is 0.308 e. The van der Waals surface area contributed by atoms with Gasteiger partial charge in [0, 0.05) is 0 Å². The summed E-state index contributed by atoms with van der Waals surface area (Å²) in [4.78, 5) is 2.51. The SMILES string of the molecule is FC1(F)c2ccccc2[S+](c2ccccc2)c2ccccc21. The molecule has 0 amide bonds. The minimum Gasteiger partial charge on any atom is -0.195 e. The predicted octanol–water partition coefficient (Wildman–Crippen LogP) is 5.24. The summed E-state index contributed by atoms with van der Waals surface area (Å²) in [5.41, 5.74) is 0.252. The highest BCUT2D eigenvalue weighted by Crippen LogP contribution is 2.50. The summed E-state index contributed by atoms with van der Waals surface area (Å²) in [6.07, 6.45) is 0. The Morgan fingerprint density at radius 3 is 1.59 bits per heavy atom. The smallest absolute Gasteiger partial charge is 0.195 e. The lowest BCUT2D eigenvalue weighted by Crippen LogP contribution is -2.27. The van der Waals surface area contributed by atoms with Crippen molar-refractivity contribution in [3.63, 3.8) is 0 Å². The van der Waals surface area contributed by atoms with Crippen molar-refractivity contribution in [1.82, 2.24) is 0 Å². The molecule has 0 radical (unpaired) electrons. The molecule has 0 N–H and O–H groups in total. The Kier molecular flexibility index (Phi) is 3.05. The van der Waals surface area contributed by atoms with Crippen molar-refractivity contribution in [3.05, 3.63) is 90.0 Å². The second-order valence-electron chi connectivity index (χ2n) is 5.19. The van der Waals surface area contributed by atoms with E-state index in [0.29, 0.717) is 0 Å². The van der Waals surface area contributed by atoms with Gasteiger partial charge in [-0.1, -0.05) is 42.5 Å². The zero-order valence-electron chi connectivity index (χ0n) is 11.7. The van der Waals surface area contributed by atoms with Crippen molar-refractivity contribution < 1.29 is 8.78 Å². The largest absolute Gasteiger partial charge is 0.308 e. The molecule has 3 aromatic carbocycles. The quantitative estimate of drug-likeness (QED) is 0.539. The van der Waals surface area contributed by atoms with E-state index in [9.17, 15) is 8.78 Å². The summed E-state index contributed by atoms with van der Waals surface area (Å²) in [5.74, 6) is -2.94. The molecule has 0 unspecified atom stereocenters. The van der Waals surface area contributed by atoms with Crippen molar-refractivity contribution in [2.75, 3.05) is 0 Å². The van der Waals surface area contributed by atoms with Gasteiger partial charge in [-0.2, -0.15) is 8.78 Å². The molecule has 1 aliphatic heterocycles. The van der Waals surface area contributed by atoms with Gasteiger partial charge in [0.1, 0.15) is 10.9 Å². The zero-order chi connectivity index (χ0) is 15.2. The van der Waals surface area contributed by atoms with Gasteiger partial charge in [0.05, 0.1) is 11.1 Å². The Morgan fingerprint density at radius 1 is 0.591 bits per heavy atom. The zero-order valence-corrected chi connectivity index (χ0v) is 12.5. The lowest BCUT2D eigenvalue weighted by atomic mass is 10.00. The molecule has 0 bridgehead atoms. The van der Waals surface area contributed by atoms with Crippen molar-refractivity contribution in [2.45, 2.75) is 20.6 Å². The van der Waals surface area contributed by atoms with Gasteiger partial charge in [-0.15, -0.1) is 0 Å². The molecule has 4 rings (SSSR count). The summed E-state index contributed by atoms with van der Waals surface area (Å²) in [6.45, 7) is 0. The topological polar surface area (TPSA) is 0 Å². The number of rotatable bonds is 1. The number of hydrogen-bond acceptors (Lipinski definition) is 0. The first-order valence-electron chi connectivity index (χ1n) is 7.06. The molecule has 1 aliphatic rings. The molecule has 108 valence electrons. The molecule has 3 heteroatoms. The van der Waals surface area contributed by atoms with Crippen LogP contribution >= 0.6 is 0 Å². The van der Waals surface area contributed by atoms with Crippen molar-refractivity contribution in [2.24, 2.45) is 0 Å². The van der Waals surface area contributed by atoms with Crippen molar-refractivity contribution >= 4 is 10.9 Å². The first-order chi connectivity index (χ1) is 10.7. The molecule has 0 fully saturated rings. The van der Waals surface area contributed by atoms with Gasteiger partial charge < -0.3 is 0 Å². The number of hydrogen-bond donors (Lipinski definition) is 0. The average Bonchev–Trinajstić information content (AvgIpc) is 2.56. The standard InChI is InChI=1S/C19H13F2S/c20-19(21)15-10-4-6-12-17(15)22(14-8-2-1-3-9-14)18-13-7-5-11-16(18)19/h1-13H/q+1. The molecule has 1 heterocycles. The third-order valence-corrected chi connectivity index (χ3v) is 6.20. The molecule has 0 aliphatic carbocycles. The van der Waals surface area contributed by atoms with Crippen molar-refractivity contribution in [1.29, 1.82) is 0 Å². The maximum absolute atomic E-state index is 14.9. The lowest BCUT2D eigenvalue weighted by molar-refractivity contribution is 0.0355. The van der Waals surface area contributed by atoms with Crippen LogP contribution in [0.5, 0.6) is 0 Å². The van der Waals surface area contributed by atoms with Gasteiger partial charge >= 0.3 is 5.92 Å². The van der Waals surface area contributed by atoms with E-state index in [0.717, 1.165) is 14.7 Å². The van der Waals surface area contributed by atoms with Gasteiger partial charge in [0.15, 0.2) is 14.7 Å². The van der Waals surface area contributed by atoms with Crippen LogP contribution in [0.2, 0.25) is 0 Å². The highest BCUT2D eigenvalue weighted by atomic mass is 32.2. The Morgan fingerprint density at radius 2 is 1.05 bits per heavy atom. The highest BCUT2D eigenvalue weighted by molar-refractivity contribution is 7.97. The van der Waals surface area contributed by atoms with E-state index in [-0.39, 0.29) is 11.1 Å². The monoisotopic (exact) mass is 311 g/mol. The van der Waals surface area contributed by atoms with E-state index in [4.69, 9.17) is 0 Å². The molecule has 0 nitrogen and oxygen atoms in total. The molecule has 0 aromatic heterocycles.